The average Bonchev–Trinajstić information content (AvgIpc) is 2.59. The summed E-state index contributed by atoms with van der Waals surface area (Å²) >= 11 is 3.14. The number of furan rings is 1. The molecule has 0 saturated carbocycles. The highest BCUT2D eigenvalue weighted by Gasteiger charge is 2.25. The zero-order chi connectivity index (χ0) is 12.5. The molecule has 7 heteroatoms. The molecule has 0 atom stereocenters. The third-order valence-electron chi connectivity index (χ3n) is 2.69. The Hall–Kier alpha value is -0.820. The highest BCUT2D eigenvalue weighted by atomic mass is 79.9. The fraction of sp³-hybridized carbons (Fsp3) is 0.500. The van der Waals surface area contributed by atoms with Gasteiger partial charge in [-0.1, -0.05) is 0 Å². The zero-order valence-electron chi connectivity index (χ0n) is 9.06. The summed E-state index contributed by atoms with van der Waals surface area (Å²) in [6.45, 7) is 0.717. The molecule has 0 radical (unpaired) electrons. The summed E-state index contributed by atoms with van der Waals surface area (Å²) in [5, 5.41) is 0. The van der Waals surface area contributed by atoms with E-state index in [2.05, 4.69) is 15.9 Å². The van der Waals surface area contributed by atoms with Gasteiger partial charge in [-0.2, -0.15) is 0 Å². The topological polar surface area (TPSA) is 67.6 Å². The lowest BCUT2D eigenvalue weighted by atomic mass is 10.3. The second kappa shape index (κ2) is 4.81. The van der Waals surface area contributed by atoms with Gasteiger partial charge in [0.15, 0.2) is 14.5 Å². The number of carbonyl (C=O) groups is 1. The minimum Gasteiger partial charge on any atom is -0.457 e. The Bertz CT molecular complexity index is 522. The van der Waals surface area contributed by atoms with E-state index in [0.717, 1.165) is 0 Å². The normalized spacial score (nSPS) is 19.9. The smallest absolute Gasteiger partial charge is 0.258 e. The lowest BCUT2D eigenvalue weighted by molar-refractivity contribution is 0.0766. The quantitative estimate of drug-likeness (QED) is 0.782. The van der Waals surface area contributed by atoms with Gasteiger partial charge in [-0.25, -0.2) is 8.42 Å². The lowest BCUT2D eigenvalue weighted by Gasteiger charge is -2.18. The van der Waals surface area contributed by atoms with Crippen molar-refractivity contribution in [3.8, 4) is 0 Å². The minimum absolute atomic E-state index is 0.0359. The van der Waals surface area contributed by atoms with Gasteiger partial charge in [-0.3, -0.25) is 4.79 Å². The zero-order valence-corrected chi connectivity index (χ0v) is 11.5. The van der Waals surface area contributed by atoms with Crippen molar-refractivity contribution in [2.45, 2.75) is 6.42 Å². The summed E-state index contributed by atoms with van der Waals surface area (Å²) in [7, 11) is -2.99. The monoisotopic (exact) mass is 321 g/mol. The summed E-state index contributed by atoms with van der Waals surface area (Å²) in [4.78, 5) is 13.6. The molecule has 5 nitrogen and oxygen atoms in total. The summed E-state index contributed by atoms with van der Waals surface area (Å²) in [5.74, 6) is 0.0000896. The molecule has 1 aromatic heterocycles. The number of carbonyl (C=O) groups excluding carboxylic acids is 1. The predicted molar refractivity (Wildman–Crippen MR) is 65.6 cm³/mol. The molecule has 1 fully saturated rings. The van der Waals surface area contributed by atoms with Gasteiger partial charge in [-0.05, 0) is 28.4 Å². The molecule has 1 aliphatic heterocycles. The summed E-state index contributed by atoms with van der Waals surface area (Å²) in [5.41, 5.74) is 0.435. The van der Waals surface area contributed by atoms with Crippen LogP contribution in [0.3, 0.4) is 0 Å². The van der Waals surface area contributed by atoms with Gasteiger partial charge in [0.05, 0.1) is 23.3 Å². The molecule has 2 heterocycles. The van der Waals surface area contributed by atoms with E-state index in [1.807, 2.05) is 0 Å². The number of halogens is 1. The lowest BCUT2D eigenvalue weighted by Crippen LogP contribution is -2.33. The van der Waals surface area contributed by atoms with Crippen molar-refractivity contribution in [1.82, 2.24) is 4.90 Å². The van der Waals surface area contributed by atoms with E-state index in [0.29, 0.717) is 23.2 Å². The van der Waals surface area contributed by atoms with Crippen molar-refractivity contribution in [3.63, 3.8) is 0 Å². The number of amides is 1. The van der Waals surface area contributed by atoms with Crippen LogP contribution in [0.2, 0.25) is 0 Å². The number of rotatable bonds is 1. The molecule has 17 heavy (non-hydrogen) atoms. The van der Waals surface area contributed by atoms with Gasteiger partial charge in [-0.15, -0.1) is 0 Å². The fourth-order valence-electron chi connectivity index (χ4n) is 1.76. The maximum absolute atomic E-state index is 12.1. The minimum atomic E-state index is -2.99. The van der Waals surface area contributed by atoms with E-state index in [-0.39, 0.29) is 24.0 Å². The Morgan fingerprint density at radius 3 is 2.76 bits per heavy atom. The van der Waals surface area contributed by atoms with Crippen LogP contribution in [-0.4, -0.2) is 43.8 Å². The highest BCUT2D eigenvalue weighted by Crippen LogP contribution is 2.20. The summed E-state index contributed by atoms with van der Waals surface area (Å²) in [6.07, 6.45) is 1.91. The van der Waals surface area contributed by atoms with Gasteiger partial charge in [0, 0.05) is 13.1 Å². The van der Waals surface area contributed by atoms with E-state index in [9.17, 15) is 13.2 Å². The van der Waals surface area contributed by atoms with Crippen LogP contribution in [0.1, 0.15) is 16.8 Å². The van der Waals surface area contributed by atoms with E-state index < -0.39 is 9.84 Å². The van der Waals surface area contributed by atoms with Crippen molar-refractivity contribution >= 4 is 31.7 Å². The fourth-order valence-corrected chi connectivity index (χ4v) is 3.44. The van der Waals surface area contributed by atoms with E-state index in [4.69, 9.17) is 4.42 Å². The van der Waals surface area contributed by atoms with Crippen LogP contribution in [-0.2, 0) is 9.84 Å². The van der Waals surface area contributed by atoms with Crippen molar-refractivity contribution in [3.05, 3.63) is 22.6 Å². The molecule has 1 aromatic rings. The third kappa shape index (κ3) is 2.90. The van der Waals surface area contributed by atoms with E-state index in [1.54, 1.807) is 11.0 Å². The van der Waals surface area contributed by atoms with Crippen LogP contribution in [0.5, 0.6) is 0 Å². The van der Waals surface area contributed by atoms with Crippen molar-refractivity contribution < 1.29 is 17.6 Å². The van der Waals surface area contributed by atoms with Crippen LogP contribution in [0.15, 0.2) is 21.4 Å². The van der Waals surface area contributed by atoms with Crippen molar-refractivity contribution in [1.29, 1.82) is 0 Å². The number of hydrogen-bond donors (Lipinski definition) is 0. The van der Waals surface area contributed by atoms with E-state index >= 15 is 0 Å². The van der Waals surface area contributed by atoms with Crippen LogP contribution < -0.4 is 0 Å². The first kappa shape index (κ1) is 12.6. The molecule has 0 aromatic carbocycles. The van der Waals surface area contributed by atoms with Crippen LogP contribution >= 0.6 is 15.9 Å². The maximum Gasteiger partial charge on any atom is 0.258 e. The molecular formula is C10H12BrNO4S. The summed E-state index contributed by atoms with van der Waals surface area (Å²) in [6, 6.07) is 1.58. The third-order valence-corrected chi connectivity index (χ3v) is 5.02. The van der Waals surface area contributed by atoms with Crippen molar-refractivity contribution in [2.75, 3.05) is 24.6 Å². The van der Waals surface area contributed by atoms with Crippen LogP contribution in [0.25, 0.3) is 0 Å². The molecule has 0 unspecified atom stereocenters. The molecular weight excluding hydrogens is 310 g/mol. The molecule has 1 aliphatic rings. The molecule has 0 bridgehead atoms. The molecule has 0 spiro atoms. The average molecular weight is 322 g/mol. The second-order valence-corrected chi connectivity index (χ2v) is 6.93. The van der Waals surface area contributed by atoms with Gasteiger partial charge < -0.3 is 9.32 Å². The standard InChI is InChI=1S/C10H12BrNO4S/c11-9-8(2-5-16-9)10(13)12-3-1-6-17(14,15)7-4-12/h2,5H,1,3-4,6-7H2. The molecule has 2 rings (SSSR count). The molecule has 0 aliphatic carbocycles. The Kier molecular flexibility index (Phi) is 3.58. The number of nitrogens with zero attached hydrogens (tertiary/aromatic N) is 1. The Morgan fingerprint density at radius 2 is 2.12 bits per heavy atom. The van der Waals surface area contributed by atoms with Crippen molar-refractivity contribution in [2.24, 2.45) is 0 Å². The molecule has 1 amide bonds. The number of hydrogen-bond acceptors (Lipinski definition) is 4. The predicted octanol–water partition coefficient (Wildman–Crippen LogP) is 1.30. The van der Waals surface area contributed by atoms with Gasteiger partial charge in [0.2, 0.25) is 0 Å². The first-order chi connectivity index (χ1) is 7.99. The highest BCUT2D eigenvalue weighted by molar-refractivity contribution is 9.10. The van der Waals surface area contributed by atoms with Crippen LogP contribution in [0.4, 0.5) is 0 Å². The molecule has 94 valence electrons. The first-order valence-corrected chi connectivity index (χ1v) is 7.84. The van der Waals surface area contributed by atoms with Gasteiger partial charge >= 0.3 is 0 Å². The van der Waals surface area contributed by atoms with Gasteiger partial charge in [0.25, 0.3) is 5.91 Å². The summed E-state index contributed by atoms with van der Waals surface area (Å²) < 4.78 is 28.2. The number of sulfone groups is 1. The Labute approximate surface area is 108 Å². The second-order valence-electron chi connectivity index (χ2n) is 3.91. The maximum atomic E-state index is 12.1. The molecule has 1 saturated heterocycles. The SMILES string of the molecule is O=C(c1ccoc1Br)N1CCCS(=O)(=O)CC1. The van der Waals surface area contributed by atoms with Crippen LogP contribution in [0, 0.1) is 0 Å². The molecule has 0 N–H and O–H groups in total. The van der Waals surface area contributed by atoms with E-state index in [1.165, 1.54) is 6.26 Å². The Morgan fingerprint density at radius 1 is 1.35 bits per heavy atom. The Balaban J connectivity index is 2.14. The largest absolute Gasteiger partial charge is 0.457 e. The first-order valence-electron chi connectivity index (χ1n) is 5.22. The van der Waals surface area contributed by atoms with Gasteiger partial charge in [0.1, 0.15) is 0 Å².